The quantitative estimate of drug-likeness (QED) is 0.642. The van der Waals surface area contributed by atoms with Crippen molar-refractivity contribution in [1.82, 2.24) is 9.97 Å². The molecule has 0 bridgehead atoms. The van der Waals surface area contributed by atoms with Crippen LogP contribution in [0.15, 0.2) is 6.33 Å². The number of hydrogen-bond donors (Lipinski definition) is 2. The molecule has 1 heterocycles. The van der Waals surface area contributed by atoms with Crippen LogP contribution in [0.25, 0.3) is 0 Å². The van der Waals surface area contributed by atoms with E-state index in [1.165, 1.54) is 6.33 Å². The normalized spacial score (nSPS) is 13.5. The van der Waals surface area contributed by atoms with E-state index in [0.717, 1.165) is 0 Å². The number of aryl methyl sites for hydroxylation is 1. The lowest BCUT2D eigenvalue weighted by atomic mass is 10.2. The maximum Gasteiger partial charge on any atom is 0.126 e. The lowest BCUT2D eigenvalue weighted by Gasteiger charge is -2.01. The van der Waals surface area contributed by atoms with Gasteiger partial charge in [-0.3, -0.25) is 0 Å². The number of imidazole rings is 1. The smallest absolute Gasteiger partial charge is 0.126 e. The highest BCUT2D eigenvalue weighted by Gasteiger charge is 2.11. The number of nitrogens with one attached hydrogen (secondary N) is 1. The fraction of sp³-hybridized carbons (Fsp3) is 0.500. The lowest BCUT2D eigenvalue weighted by Crippen LogP contribution is -2.01. The van der Waals surface area contributed by atoms with Crippen LogP contribution in [0.2, 0.25) is 0 Å². The van der Waals surface area contributed by atoms with Crippen LogP contribution in [0.1, 0.15) is 17.5 Å². The summed E-state index contributed by atoms with van der Waals surface area (Å²) in [6.07, 6.45) is 0.357. The third kappa shape index (κ3) is 1.16. The molecule has 1 unspecified atom stereocenters. The van der Waals surface area contributed by atoms with E-state index in [2.05, 4.69) is 9.97 Å². The first kappa shape index (κ1) is 7.21. The highest BCUT2D eigenvalue weighted by atomic mass is 19.1. The van der Waals surface area contributed by atoms with E-state index in [-0.39, 0.29) is 0 Å². The summed E-state index contributed by atoms with van der Waals surface area (Å²) in [6, 6.07) is 0. The number of halogens is 1. The SMILES string of the molecule is Cc1[nH]cnc1C(O)CF. The molecular weight excluding hydrogens is 135 g/mol. The monoisotopic (exact) mass is 144 g/mol. The van der Waals surface area contributed by atoms with Crippen LogP contribution >= 0.6 is 0 Å². The van der Waals surface area contributed by atoms with Crippen molar-refractivity contribution in [2.45, 2.75) is 13.0 Å². The highest BCUT2D eigenvalue weighted by Crippen LogP contribution is 2.12. The second-order valence-corrected chi connectivity index (χ2v) is 2.08. The third-order valence-electron chi connectivity index (χ3n) is 1.33. The van der Waals surface area contributed by atoms with Crippen molar-refractivity contribution in [2.24, 2.45) is 0 Å². The molecule has 0 spiro atoms. The fourth-order valence-corrected chi connectivity index (χ4v) is 0.778. The molecule has 10 heavy (non-hydrogen) atoms. The summed E-state index contributed by atoms with van der Waals surface area (Å²) in [6.45, 7) is 0.951. The Morgan fingerprint density at radius 2 is 2.60 bits per heavy atom. The van der Waals surface area contributed by atoms with Gasteiger partial charge in [0, 0.05) is 5.69 Å². The first-order valence-electron chi connectivity index (χ1n) is 2.99. The summed E-state index contributed by atoms with van der Waals surface area (Å²) in [5, 5.41) is 8.94. The minimum absolute atomic E-state index is 0.391. The van der Waals surface area contributed by atoms with Crippen LogP contribution in [0.3, 0.4) is 0 Å². The van der Waals surface area contributed by atoms with Gasteiger partial charge in [0.1, 0.15) is 12.8 Å². The average molecular weight is 144 g/mol. The molecule has 56 valence electrons. The van der Waals surface area contributed by atoms with Crippen molar-refractivity contribution in [2.75, 3.05) is 6.67 Å². The van der Waals surface area contributed by atoms with Crippen LogP contribution in [-0.4, -0.2) is 21.7 Å². The van der Waals surface area contributed by atoms with Gasteiger partial charge >= 0.3 is 0 Å². The topological polar surface area (TPSA) is 48.9 Å². The Morgan fingerprint density at radius 3 is 3.00 bits per heavy atom. The van der Waals surface area contributed by atoms with Gasteiger partial charge < -0.3 is 10.1 Å². The number of hydrogen-bond acceptors (Lipinski definition) is 2. The molecule has 0 saturated heterocycles. The Hall–Kier alpha value is -0.900. The number of aliphatic hydroxyl groups is 1. The van der Waals surface area contributed by atoms with Crippen LogP contribution in [0.4, 0.5) is 4.39 Å². The van der Waals surface area contributed by atoms with Crippen molar-refractivity contribution < 1.29 is 9.50 Å². The maximum absolute atomic E-state index is 11.8. The first-order valence-corrected chi connectivity index (χ1v) is 2.99. The number of aromatic amines is 1. The number of alkyl halides is 1. The standard InChI is InChI=1S/C6H9FN2O/c1-4-6(5(10)2-7)9-3-8-4/h3,5,10H,2H2,1H3,(H,8,9). The van der Waals surface area contributed by atoms with Crippen LogP contribution < -0.4 is 0 Å². The van der Waals surface area contributed by atoms with E-state index < -0.39 is 12.8 Å². The Morgan fingerprint density at radius 1 is 1.90 bits per heavy atom. The molecule has 1 aromatic rings. The van der Waals surface area contributed by atoms with Crippen molar-refractivity contribution in [3.63, 3.8) is 0 Å². The number of aromatic nitrogens is 2. The second kappa shape index (κ2) is 2.79. The van der Waals surface area contributed by atoms with Gasteiger partial charge in [0.2, 0.25) is 0 Å². The zero-order valence-corrected chi connectivity index (χ0v) is 5.63. The molecule has 0 aliphatic heterocycles. The summed E-state index contributed by atoms with van der Waals surface area (Å²) >= 11 is 0. The van der Waals surface area contributed by atoms with Crippen molar-refractivity contribution in [3.05, 3.63) is 17.7 Å². The zero-order chi connectivity index (χ0) is 7.56. The van der Waals surface area contributed by atoms with Crippen LogP contribution in [0, 0.1) is 6.92 Å². The molecule has 0 aliphatic carbocycles. The van der Waals surface area contributed by atoms with Gasteiger partial charge in [-0.05, 0) is 6.92 Å². The molecule has 1 rings (SSSR count). The molecule has 0 aliphatic rings. The summed E-state index contributed by atoms with van der Waals surface area (Å²) in [5.41, 5.74) is 1.10. The summed E-state index contributed by atoms with van der Waals surface area (Å²) in [4.78, 5) is 6.49. The fourth-order valence-electron chi connectivity index (χ4n) is 0.778. The Balaban J connectivity index is 2.82. The Labute approximate surface area is 57.9 Å². The molecule has 0 saturated carbocycles. The number of nitrogens with zero attached hydrogens (tertiary/aromatic N) is 1. The van der Waals surface area contributed by atoms with Gasteiger partial charge in [-0.25, -0.2) is 9.37 Å². The molecule has 0 amide bonds. The molecule has 0 fully saturated rings. The molecule has 1 aromatic heterocycles. The summed E-state index contributed by atoms with van der Waals surface area (Å²) in [7, 11) is 0. The van der Waals surface area contributed by atoms with Gasteiger partial charge in [0.05, 0.1) is 12.0 Å². The number of aliphatic hydroxyl groups excluding tert-OH is 1. The van der Waals surface area contributed by atoms with Crippen LogP contribution in [0.5, 0.6) is 0 Å². The van der Waals surface area contributed by atoms with Crippen molar-refractivity contribution in [3.8, 4) is 0 Å². The molecule has 0 aromatic carbocycles. The van der Waals surface area contributed by atoms with E-state index in [9.17, 15) is 4.39 Å². The molecule has 3 nitrogen and oxygen atoms in total. The van der Waals surface area contributed by atoms with E-state index in [1.54, 1.807) is 6.92 Å². The molecule has 2 N–H and O–H groups in total. The predicted molar refractivity (Wildman–Crippen MR) is 34.3 cm³/mol. The van der Waals surface area contributed by atoms with Crippen molar-refractivity contribution >= 4 is 0 Å². The predicted octanol–water partition coefficient (Wildman–Crippen LogP) is 0.721. The van der Waals surface area contributed by atoms with Crippen LogP contribution in [-0.2, 0) is 0 Å². The highest BCUT2D eigenvalue weighted by molar-refractivity contribution is 5.11. The molecule has 0 radical (unpaired) electrons. The van der Waals surface area contributed by atoms with Gasteiger partial charge in [-0.15, -0.1) is 0 Å². The second-order valence-electron chi connectivity index (χ2n) is 2.08. The summed E-state index contributed by atoms with van der Waals surface area (Å²) < 4.78 is 11.8. The minimum atomic E-state index is -1.08. The Bertz CT molecular complexity index is 211. The molecule has 1 atom stereocenters. The Kier molecular flexibility index (Phi) is 2.01. The molecule has 4 heteroatoms. The van der Waals surface area contributed by atoms with E-state index in [1.807, 2.05) is 0 Å². The van der Waals surface area contributed by atoms with E-state index in [0.29, 0.717) is 11.4 Å². The summed E-state index contributed by atoms with van der Waals surface area (Å²) in [5.74, 6) is 0. The van der Waals surface area contributed by atoms with Gasteiger partial charge in [-0.2, -0.15) is 0 Å². The average Bonchev–Trinajstić information content (AvgIpc) is 2.34. The first-order chi connectivity index (χ1) is 4.75. The zero-order valence-electron chi connectivity index (χ0n) is 5.63. The van der Waals surface area contributed by atoms with Gasteiger partial charge in [-0.1, -0.05) is 0 Å². The lowest BCUT2D eigenvalue weighted by molar-refractivity contribution is 0.137. The molecular formula is C6H9FN2O. The van der Waals surface area contributed by atoms with E-state index in [4.69, 9.17) is 5.11 Å². The largest absolute Gasteiger partial charge is 0.384 e. The van der Waals surface area contributed by atoms with E-state index >= 15 is 0 Å². The van der Waals surface area contributed by atoms with Crippen molar-refractivity contribution in [1.29, 1.82) is 0 Å². The van der Waals surface area contributed by atoms with Gasteiger partial charge in [0.25, 0.3) is 0 Å². The minimum Gasteiger partial charge on any atom is -0.384 e. The number of rotatable bonds is 2. The maximum atomic E-state index is 11.8. The van der Waals surface area contributed by atoms with Gasteiger partial charge in [0.15, 0.2) is 0 Å². The third-order valence-corrected chi connectivity index (χ3v) is 1.33. The number of H-pyrrole nitrogens is 1.